The minimum absolute atomic E-state index is 0.0523. The molecule has 1 saturated heterocycles. The van der Waals surface area contributed by atoms with Crippen LogP contribution in [0.25, 0.3) is 0 Å². The number of benzene rings is 2. The Balaban J connectivity index is 1.65. The molecule has 7 nitrogen and oxygen atoms in total. The first-order chi connectivity index (χ1) is 14.6. The largest absolute Gasteiger partial charge is 0.497 e. The van der Waals surface area contributed by atoms with Crippen LogP contribution in [-0.4, -0.2) is 44.3 Å². The molecule has 1 aliphatic heterocycles. The van der Waals surface area contributed by atoms with E-state index in [1.165, 1.54) is 0 Å². The summed E-state index contributed by atoms with van der Waals surface area (Å²) in [4.78, 5) is 25.5. The lowest BCUT2D eigenvalue weighted by Gasteiger charge is -2.19. The van der Waals surface area contributed by atoms with Gasteiger partial charge in [0.25, 0.3) is 11.8 Å². The van der Waals surface area contributed by atoms with E-state index in [1.54, 1.807) is 55.6 Å². The van der Waals surface area contributed by atoms with Gasteiger partial charge in [0.15, 0.2) is 6.10 Å². The normalized spacial score (nSPS) is 16.5. The molecule has 2 aromatic carbocycles. The summed E-state index contributed by atoms with van der Waals surface area (Å²) in [7, 11) is 1.57. The Morgan fingerprint density at radius 3 is 2.70 bits per heavy atom. The van der Waals surface area contributed by atoms with Gasteiger partial charge in [0.1, 0.15) is 11.5 Å². The molecule has 0 saturated carbocycles. The van der Waals surface area contributed by atoms with Crippen LogP contribution in [0.3, 0.4) is 0 Å². The second-order valence-electron chi connectivity index (χ2n) is 7.07. The highest BCUT2D eigenvalue weighted by Crippen LogP contribution is 2.22. The van der Waals surface area contributed by atoms with Crippen molar-refractivity contribution < 1.29 is 23.8 Å². The van der Waals surface area contributed by atoms with Gasteiger partial charge < -0.3 is 24.8 Å². The summed E-state index contributed by atoms with van der Waals surface area (Å²) in [6.45, 7) is 3.06. The smallest absolute Gasteiger partial charge is 0.265 e. The van der Waals surface area contributed by atoms with Gasteiger partial charge in [-0.1, -0.05) is 25.1 Å². The molecule has 30 heavy (non-hydrogen) atoms. The summed E-state index contributed by atoms with van der Waals surface area (Å²) in [5.41, 5.74) is 0.847. The topological polar surface area (TPSA) is 85.9 Å². The van der Waals surface area contributed by atoms with Crippen molar-refractivity contribution in [1.82, 2.24) is 5.32 Å². The fourth-order valence-electron chi connectivity index (χ4n) is 3.27. The molecule has 0 aromatic heterocycles. The van der Waals surface area contributed by atoms with Crippen LogP contribution < -0.4 is 20.1 Å². The van der Waals surface area contributed by atoms with Gasteiger partial charge in [0.2, 0.25) is 0 Å². The van der Waals surface area contributed by atoms with E-state index in [-0.39, 0.29) is 17.9 Å². The van der Waals surface area contributed by atoms with Crippen molar-refractivity contribution in [2.45, 2.75) is 38.4 Å². The SMILES string of the molecule is CC[C@H](Oc1cccc(OC)c1)C(=O)Nc1ccccc1C(=O)NC[C@@H]1CCCO1. The zero-order valence-electron chi connectivity index (χ0n) is 17.4. The standard InChI is InChI=1S/C23H28N2O5/c1-3-21(30-17-9-6-8-16(14-17)28-2)23(27)25-20-12-5-4-11-19(20)22(26)24-15-18-10-7-13-29-18/h4-6,8-9,11-12,14,18,21H,3,7,10,13,15H2,1-2H3,(H,24,26)(H,25,27)/t18-,21-/m0/s1. The highest BCUT2D eigenvalue weighted by atomic mass is 16.5. The molecule has 0 bridgehead atoms. The lowest BCUT2D eigenvalue weighted by molar-refractivity contribution is -0.122. The van der Waals surface area contributed by atoms with E-state index < -0.39 is 6.10 Å². The Bertz CT molecular complexity index is 864. The molecule has 0 spiro atoms. The number of carbonyl (C=O) groups excluding carboxylic acids is 2. The summed E-state index contributed by atoms with van der Waals surface area (Å²) in [5, 5.41) is 5.72. The molecule has 2 aromatic rings. The third-order valence-corrected chi connectivity index (χ3v) is 4.93. The van der Waals surface area contributed by atoms with Gasteiger partial charge in [-0.2, -0.15) is 0 Å². The van der Waals surface area contributed by atoms with E-state index in [2.05, 4.69) is 10.6 Å². The number of para-hydroxylation sites is 1. The van der Waals surface area contributed by atoms with Crippen LogP contribution in [0.5, 0.6) is 11.5 Å². The Morgan fingerprint density at radius 1 is 1.17 bits per heavy atom. The predicted molar refractivity (Wildman–Crippen MR) is 114 cm³/mol. The third-order valence-electron chi connectivity index (χ3n) is 4.93. The molecule has 0 unspecified atom stereocenters. The molecule has 2 amide bonds. The lowest BCUT2D eigenvalue weighted by Crippen LogP contribution is -2.35. The summed E-state index contributed by atoms with van der Waals surface area (Å²) in [5.74, 6) is 0.623. The number of ether oxygens (including phenoxy) is 3. The van der Waals surface area contributed by atoms with E-state index in [1.807, 2.05) is 6.92 Å². The number of carbonyl (C=O) groups is 2. The Hall–Kier alpha value is -3.06. The van der Waals surface area contributed by atoms with Gasteiger partial charge in [0.05, 0.1) is 24.5 Å². The van der Waals surface area contributed by atoms with Gasteiger partial charge in [-0.25, -0.2) is 0 Å². The number of methoxy groups -OCH3 is 1. The molecule has 1 heterocycles. The van der Waals surface area contributed by atoms with E-state index in [0.29, 0.717) is 35.7 Å². The Morgan fingerprint density at radius 2 is 1.97 bits per heavy atom. The molecule has 2 atom stereocenters. The number of nitrogens with one attached hydrogen (secondary N) is 2. The summed E-state index contributed by atoms with van der Waals surface area (Å²) in [6.07, 6.45) is 1.77. The number of rotatable bonds is 9. The molecule has 1 aliphatic rings. The van der Waals surface area contributed by atoms with Crippen molar-refractivity contribution in [2.24, 2.45) is 0 Å². The fraction of sp³-hybridized carbons (Fsp3) is 0.391. The number of amides is 2. The minimum Gasteiger partial charge on any atom is -0.497 e. The third kappa shape index (κ3) is 5.73. The molecule has 2 N–H and O–H groups in total. The lowest BCUT2D eigenvalue weighted by atomic mass is 10.1. The molecular formula is C23H28N2O5. The molecule has 3 rings (SSSR count). The predicted octanol–water partition coefficient (Wildman–Crippen LogP) is 3.40. The maximum Gasteiger partial charge on any atom is 0.265 e. The van der Waals surface area contributed by atoms with Crippen LogP contribution in [-0.2, 0) is 9.53 Å². The van der Waals surface area contributed by atoms with Crippen molar-refractivity contribution in [2.75, 3.05) is 25.6 Å². The van der Waals surface area contributed by atoms with Crippen molar-refractivity contribution in [3.8, 4) is 11.5 Å². The zero-order chi connectivity index (χ0) is 21.3. The minimum atomic E-state index is -0.708. The van der Waals surface area contributed by atoms with Crippen molar-refractivity contribution in [3.63, 3.8) is 0 Å². The van der Waals surface area contributed by atoms with Crippen molar-refractivity contribution in [3.05, 3.63) is 54.1 Å². The van der Waals surface area contributed by atoms with Crippen molar-refractivity contribution in [1.29, 1.82) is 0 Å². The van der Waals surface area contributed by atoms with Crippen LogP contribution in [0.1, 0.15) is 36.5 Å². The molecule has 160 valence electrons. The highest BCUT2D eigenvalue weighted by molar-refractivity contribution is 6.04. The monoisotopic (exact) mass is 412 g/mol. The average Bonchev–Trinajstić information content (AvgIpc) is 3.30. The van der Waals surface area contributed by atoms with Crippen LogP contribution in [0, 0.1) is 0 Å². The maximum atomic E-state index is 12.8. The molecule has 1 fully saturated rings. The average molecular weight is 412 g/mol. The van der Waals surface area contributed by atoms with Gasteiger partial charge in [-0.15, -0.1) is 0 Å². The van der Waals surface area contributed by atoms with Crippen LogP contribution in [0.4, 0.5) is 5.69 Å². The second-order valence-corrected chi connectivity index (χ2v) is 7.07. The first kappa shape index (κ1) is 21.6. The van der Waals surface area contributed by atoms with E-state index in [4.69, 9.17) is 14.2 Å². The summed E-state index contributed by atoms with van der Waals surface area (Å²) >= 11 is 0. The first-order valence-corrected chi connectivity index (χ1v) is 10.2. The van der Waals surface area contributed by atoms with Crippen LogP contribution >= 0.6 is 0 Å². The van der Waals surface area contributed by atoms with E-state index in [9.17, 15) is 9.59 Å². The van der Waals surface area contributed by atoms with Crippen LogP contribution in [0.2, 0.25) is 0 Å². The maximum absolute atomic E-state index is 12.8. The highest BCUT2D eigenvalue weighted by Gasteiger charge is 2.22. The van der Waals surface area contributed by atoms with E-state index >= 15 is 0 Å². The number of anilines is 1. The van der Waals surface area contributed by atoms with Gasteiger partial charge in [-0.3, -0.25) is 9.59 Å². The second kappa shape index (κ2) is 10.6. The summed E-state index contributed by atoms with van der Waals surface area (Å²) in [6, 6.07) is 14.0. The molecular weight excluding hydrogens is 384 g/mol. The fourth-order valence-corrected chi connectivity index (χ4v) is 3.27. The van der Waals surface area contributed by atoms with Gasteiger partial charge in [0, 0.05) is 19.2 Å². The van der Waals surface area contributed by atoms with Crippen LogP contribution in [0.15, 0.2) is 48.5 Å². The zero-order valence-corrected chi connectivity index (χ0v) is 17.4. The Kier molecular flexibility index (Phi) is 7.68. The number of hydrogen-bond acceptors (Lipinski definition) is 5. The van der Waals surface area contributed by atoms with Crippen molar-refractivity contribution >= 4 is 17.5 Å². The quantitative estimate of drug-likeness (QED) is 0.659. The summed E-state index contributed by atoms with van der Waals surface area (Å²) < 4.78 is 16.6. The van der Waals surface area contributed by atoms with E-state index in [0.717, 1.165) is 19.4 Å². The van der Waals surface area contributed by atoms with Gasteiger partial charge in [-0.05, 0) is 43.5 Å². The molecule has 7 heteroatoms. The van der Waals surface area contributed by atoms with Gasteiger partial charge >= 0.3 is 0 Å². The Labute approximate surface area is 176 Å². The number of hydrogen-bond donors (Lipinski definition) is 2. The molecule has 0 aliphatic carbocycles. The molecule has 0 radical (unpaired) electrons. The first-order valence-electron chi connectivity index (χ1n) is 10.2.